The molecule has 0 amide bonds. The summed E-state index contributed by atoms with van der Waals surface area (Å²) >= 11 is 3.20. The lowest BCUT2D eigenvalue weighted by atomic mass is 9.86. The molecule has 1 aromatic heterocycles. The first kappa shape index (κ1) is 15.0. The molecule has 1 aliphatic carbocycles. The number of imidazole rings is 1. The molecular weight excluding hydrogens is 333 g/mol. The number of halogens is 2. The Labute approximate surface area is 132 Å². The number of benzene rings is 1. The zero-order valence-electron chi connectivity index (χ0n) is 12.0. The standard InChI is InChI=1S/C16H21BrFN3/c17-11-8-9-12-15(13(11)18)21-16(20-12)14(19)10-6-4-2-1-3-5-7-10/h8-10,14H,1-7,19H2,(H,20,21). The average Bonchev–Trinajstić information content (AvgIpc) is 2.87. The zero-order chi connectivity index (χ0) is 14.8. The predicted octanol–water partition coefficient (Wildman–Crippen LogP) is 4.82. The van der Waals surface area contributed by atoms with Crippen LogP contribution in [0.5, 0.6) is 0 Å². The Morgan fingerprint density at radius 2 is 1.86 bits per heavy atom. The van der Waals surface area contributed by atoms with E-state index in [9.17, 15) is 4.39 Å². The second-order valence-electron chi connectivity index (χ2n) is 6.01. The fourth-order valence-corrected chi connectivity index (χ4v) is 3.58. The van der Waals surface area contributed by atoms with Crippen molar-refractivity contribution in [3.05, 3.63) is 28.2 Å². The second kappa shape index (κ2) is 6.44. The lowest BCUT2D eigenvalue weighted by Gasteiger charge is -2.24. The number of hydrogen-bond donors (Lipinski definition) is 2. The number of nitrogens with two attached hydrogens (primary N) is 1. The summed E-state index contributed by atoms with van der Waals surface area (Å²) in [5.41, 5.74) is 7.50. The van der Waals surface area contributed by atoms with Gasteiger partial charge < -0.3 is 10.7 Å². The highest BCUT2D eigenvalue weighted by atomic mass is 79.9. The van der Waals surface area contributed by atoms with Gasteiger partial charge >= 0.3 is 0 Å². The summed E-state index contributed by atoms with van der Waals surface area (Å²) < 4.78 is 14.5. The van der Waals surface area contributed by atoms with E-state index in [0.717, 1.165) is 12.8 Å². The van der Waals surface area contributed by atoms with Crippen LogP contribution in [0, 0.1) is 11.7 Å². The number of nitrogens with zero attached hydrogens (tertiary/aromatic N) is 1. The Balaban J connectivity index is 1.86. The summed E-state index contributed by atoms with van der Waals surface area (Å²) in [4.78, 5) is 7.62. The van der Waals surface area contributed by atoms with Crippen molar-refractivity contribution in [2.24, 2.45) is 11.7 Å². The third-order valence-corrected chi connectivity index (χ3v) is 5.15. The molecule has 3 nitrogen and oxygen atoms in total. The first-order valence-electron chi connectivity index (χ1n) is 7.76. The molecule has 1 heterocycles. The van der Waals surface area contributed by atoms with Crippen LogP contribution in [-0.2, 0) is 0 Å². The molecule has 0 spiro atoms. The maximum Gasteiger partial charge on any atom is 0.165 e. The third kappa shape index (κ3) is 3.14. The van der Waals surface area contributed by atoms with E-state index < -0.39 is 0 Å². The molecule has 21 heavy (non-hydrogen) atoms. The van der Waals surface area contributed by atoms with Crippen molar-refractivity contribution < 1.29 is 4.39 Å². The smallest absolute Gasteiger partial charge is 0.165 e. The van der Waals surface area contributed by atoms with E-state index in [0.29, 0.717) is 27.2 Å². The molecule has 1 unspecified atom stereocenters. The maximum atomic E-state index is 14.1. The largest absolute Gasteiger partial charge is 0.341 e. The van der Waals surface area contributed by atoms with E-state index in [1.165, 1.54) is 32.1 Å². The van der Waals surface area contributed by atoms with Gasteiger partial charge in [-0.3, -0.25) is 0 Å². The van der Waals surface area contributed by atoms with Gasteiger partial charge in [-0.15, -0.1) is 0 Å². The molecule has 1 saturated carbocycles. The SMILES string of the molecule is NC(c1nc2c(F)c(Br)ccc2[nH]1)C1CCCCCCC1. The van der Waals surface area contributed by atoms with Gasteiger partial charge in [-0.1, -0.05) is 32.1 Å². The Morgan fingerprint density at radius 1 is 1.19 bits per heavy atom. The van der Waals surface area contributed by atoms with Gasteiger partial charge in [-0.05, 0) is 46.8 Å². The Kier molecular flexibility index (Phi) is 4.60. The number of aromatic nitrogens is 2. The van der Waals surface area contributed by atoms with Gasteiger partial charge in [-0.2, -0.15) is 0 Å². The fourth-order valence-electron chi connectivity index (χ4n) is 3.26. The minimum absolute atomic E-state index is 0.131. The van der Waals surface area contributed by atoms with E-state index in [1.807, 2.05) is 6.07 Å². The Bertz CT molecular complexity index is 617. The molecule has 1 aliphatic rings. The van der Waals surface area contributed by atoms with Crippen LogP contribution in [0.3, 0.4) is 0 Å². The monoisotopic (exact) mass is 353 g/mol. The lowest BCUT2D eigenvalue weighted by molar-refractivity contribution is 0.321. The highest BCUT2D eigenvalue weighted by molar-refractivity contribution is 9.10. The number of aromatic amines is 1. The van der Waals surface area contributed by atoms with Crippen LogP contribution in [0.25, 0.3) is 11.0 Å². The normalized spacial score (nSPS) is 19.4. The Hall–Kier alpha value is -0.940. The van der Waals surface area contributed by atoms with Crippen molar-refractivity contribution in [1.29, 1.82) is 0 Å². The molecule has 0 bridgehead atoms. The molecule has 3 rings (SSSR count). The summed E-state index contributed by atoms with van der Waals surface area (Å²) in [5.74, 6) is 0.838. The molecule has 0 radical (unpaired) electrons. The lowest BCUT2D eigenvalue weighted by Crippen LogP contribution is -2.23. The number of rotatable bonds is 2. The first-order valence-corrected chi connectivity index (χ1v) is 8.55. The van der Waals surface area contributed by atoms with Gasteiger partial charge in [-0.25, -0.2) is 9.37 Å². The topological polar surface area (TPSA) is 54.7 Å². The number of hydrogen-bond acceptors (Lipinski definition) is 2. The molecule has 1 fully saturated rings. The van der Waals surface area contributed by atoms with Crippen molar-refractivity contribution >= 4 is 27.0 Å². The Morgan fingerprint density at radius 3 is 2.57 bits per heavy atom. The molecule has 0 saturated heterocycles. The number of H-pyrrole nitrogens is 1. The zero-order valence-corrected chi connectivity index (χ0v) is 13.6. The highest BCUT2D eigenvalue weighted by Crippen LogP contribution is 2.32. The number of fused-ring (bicyclic) bond motifs is 1. The minimum atomic E-state index is -0.320. The molecular formula is C16H21BrFN3. The summed E-state index contributed by atoms with van der Waals surface area (Å²) in [6, 6.07) is 3.40. The minimum Gasteiger partial charge on any atom is -0.341 e. The van der Waals surface area contributed by atoms with Gasteiger partial charge in [0.2, 0.25) is 0 Å². The van der Waals surface area contributed by atoms with E-state index in [1.54, 1.807) is 6.07 Å². The summed E-state index contributed by atoms with van der Waals surface area (Å²) in [5, 5.41) is 0. The van der Waals surface area contributed by atoms with Crippen LogP contribution in [0.1, 0.15) is 56.8 Å². The van der Waals surface area contributed by atoms with Crippen LogP contribution in [-0.4, -0.2) is 9.97 Å². The quantitative estimate of drug-likeness (QED) is 0.812. The highest BCUT2D eigenvalue weighted by Gasteiger charge is 2.23. The number of nitrogens with one attached hydrogen (secondary N) is 1. The average molecular weight is 354 g/mol. The van der Waals surface area contributed by atoms with E-state index in [2.05, 4.69) is 25.9 Å². The fraction of sp³-hybridized carbons (Fsp3) is 0.562. The third-order valence-electron chi connectivity index (χ3n) is 4.54. The van der Waals surface area contributed by atoms with Gasteiger partial charge in [0.1, 0.15) is 11.3 Å². The van der Waals surface area contributed by atoms with Crippen molar-refractivity contribution in [3.63, 3.8) is 0 Å². The van der Waals surface area contributed by atoms with Gasteiger partial charge in [0.05, 0.1) is 16.0 Å². The first-order chi connectivity index (χ1) is 10.2. The van der Waals surface area contributed by atoms with Crippen LogP contribution in [0.4, 0.5) is 4.39 Å². The molecule has 1 aromatic carbocycles. The van der Waals surface area contributed by atoms with Crippen LogP contribution in [0.15, 0.2) is 16.6 Å². The summed E-state index contributed by atoms with van der Waals surface area (Å²) in [6.45, 7) is 0. The molecule has 1 atom stereocenters. The van der Waals surface area contributed by atoms with Crippen LogP contribution in [0.2, 0.25) is 0 Å². The maximum absolute atomic E-state index is 14.1. The molecule has 2 aromatic rings. The van der Waals surface area contributed by atoms with Gasteiger partial charge in [0, 0.05) is 0 Å². The van der Waals surface area contributed by atoms with Crippen molar-refractivity contribution in [3.8, 4) is 0 Å². The van der Waals surface area contributed by atoms with E-state index >= 15 is 0 Å². The summed E-state index contributed by atoms with van der Waals surface area (Å²) in [7, 11) is 0. The van der Waals surface area contributed by atoms with Gasteiger partial charge in [0.15, 0.2) is 5.82 Å². The van der Waals surface area contributed by atoms with Gasteiger partial charge in [0.25, 0.3) is 0 Å². The molecule has 3 N–H and O–H groups in total. The molecule has 114 valence electrons. The van der Waals surface area contributed by atoms with E-state index in [-0.39, 0.29) is 11.9 Å². The van der Waals surface area contributed by atoms with Crippen molar-refractivity contribution in [1.82, 2.24) is 9.97 Å². The van der Waals surface area contributed by atoms with Crippen molar-refractivity contribution in [2.45, 2.75) is 51.0 Å². The predicted molar refractivity (Wildman–Crippen MR) is 86.5 cm³/mol. The van der Waals surface area contributed by atoms with Crippen molar-refractivity contribution in [2.75, 3.05) is 0 Å². The molecule has 0 aliphatic heterocycles. The van der Waals surface area contributed by atoms with Crippen LogP contribution >= 0.6 is 15.9 Å². The van der Waals surface area contributed by atoms with E-state index in [4.69, 9.17) is 5.73 Å². The summed E-state index contributed by atoms with van der Waals surface area (Å²) in [6.07, 6.45) is 8.69. The molecule has 5 heteroatoms. The second-order valence-corrected chi connectivity index (χ2v) is 6.86. The van der Waals surface area contributed by atoms with Crippen LogP contribution < -0.4 is 5.73 Å².